The fourth-order valence-corrected chi connectivity index (χ4v) is 9.29. The van der Waals surface area contributed by atoms with Gasteiger partial charge in [-0.1, -0.05) is 39.0 Å². The number of benzene rings is 1. The van der Waals surface area contributed by atoms with E-state index in [-0.39, 0.29) is 29.8 Å². The molecule has 1 aliphatic carbocycles. The summed E-state index contributed by atoms with van der Waals surface area (Å²) >= 11 is 0. The highest BCUT2D eigenvalue weighted by Gasteiger charge is 2.53. The molecule has 2 aliphatic rings. The molecule has 1 aromatic rings. The van der Waals surface area contributed by atoms with Crippen LogP contribution in [0.2, 0.25) is 18.1 Å². The number of aliphatic hydroxyl groups is 1. The van der Waals surface area contributed by atoms with Crippen molar-refractivity contribution in [2.45, 2.75) is 75.1 Å². The second kappa shape index (κ2) is 8.33. The zero-order chi connectivity index (χ0) is 19.7. The van der Waals surface area contributed by atoms with E-state index in [2.05, 4.69) is 20.8 Å². The molecule has 5 atom stereocenters. The predicted octanol–water partition coefficient (Wildman–Crippen LogP) is 3.59. The Hall–Kier alpha value is -0.733. The lowest BCUT2D eigenvalue weighted by Crippen LogP contribution is -2.46. The van der Waals surface area contributed by atoms with Crippen LogP contribution in [0, 0.1) is 11.8 Å². The summed E-state index contributed by atoms with van der Waals surface area (Å²) in [4.78, 5) is 0.367. The zero-order valence-corrected chi connectivity index (χ0v) is 18.3. The van der Waals surface area contributed by atoms with Gasteiger partial charge in [-0.05, 0) is 42.6 Å². The minimum absolute atomic E-state index is 0.0791. The van der Waals surface area contributed by atoms with Crippen LogP contribution in [0.15, 0.2) is 35.2 Å². The van der Waals surface area contributed by atoms with Gasteiger partial charge in [0.05, 0.1) is 22.9 Å². The van der Waals surface area contributed by atoms with Crippen LogP contribution in [0.1, 0.15) is 33.6 Å². The minimum atomic E-state index is -3.38. The van der Waals surface area contributed by atoms with E-state index in [9.17, 15) is 13.5 Å². The third-order valence-electron chi connectivity index (χ3n) is 6.53. The van der Waals surface area contributed by atoms with E-state index in [0.29, 0.717) is 11.3 Å². The number of fused-ring (bicyclic) bond motifs is 1. The van der Waals surface area contributed by atoms with Gasteiger partial charge < -0.3 is 14.3 Å². The minimum Gasteiger partial charge on any atom is -0.411 e. The molecule has 3 rings (SSSR count). The lowest BCUT2D eigenvalue weighted by atomic mass is 10.0. The smallest absolute Gasteiger partial charge is 0.192 e. The first kappa shape index (κ1) is 21.0. The van der Waals surface area contributed by atoms with Gasteiger partial charge in [-0.15, -0.1) is 0 Å². The van der Waals surface area contributed by atoms with E-state index in [1.807, 2.05) is 6.07 Å². The van der Waals surface area contributed by atoms with Gasteiger partial charge in [0.1, 0.15) is 0 Å². The number of sulfone groups is 1. The molecule has 1 saturated heterocycles. The SMILES string of the molecule is CC[Si](CC)(CC)O[C@H]1[C@H](CS(=O)(=O)c2ccccc2)C[C@H]2CC(O)O[C@H]21. The molecule has 0 radical (unpaired) electrons. The molecule has 152 valence electrons. The number of aliphatic hydroxyl groups excluding tert-OH is 1. The zero-order valence-electron chi connectivity index (χ0n) is 16.5. The third kappa shape index (κ3) is 4.32. The molecule has 1 aliphatic heterocycles. The van der Waals surface area contributed by atoms with Gasteiger partial charge in [-0.3, -0.25) is 0 Å². The van der Waals surface area contributed by atoms with Gasteiger partial charge in [-0.2, -0.15) is 0 Å². The lowest BCUT2D eigenvalue weighted by Gasteiger charge is -2.36. The maximum absolute atomic E-state index is 13.0. The van der Waals surface area contributed by atoms with Crippen LogP contribution < -0.4 is 0 Å². The summed E-state index contributed by atoms with van der Waals surface area (Å²) in [5.41, 5.74) is 0. The van der Waals surface area contributed by atoms with Crippen molar-refractivity contribution in [3.63, 3.8) is 0 Å². The van der Waals surface area contributed by atoms with Crippen LogP contribution in [-0.4, -0.2) is 46.1 Å². The van der Waals surface area contributed by atoms with Crippen molar-refractivity contribution in [1.29, 1.82) is 0 Å². The molecular formula is C20H32O5SSi. The summed E-state index contributed by atoms with van der Waals surface area (Å²) < 4.78 is 38.4. The Kier molecular flexibility index (Phi) is 6.47. The van der Waals surface area contributed by atoms with Gasteiger partial charge in [0.2, 0.25) is 0 Å². The van der Waals surface area contributed by atoms with E-state index in [0.717, 1.165) is 24.6 Å². The molecule has 5 nitrogen and oxygen atoms in total. The molecule has 0 amide bonds. The molecule has 1 saturated carbocycles. The summed E-state index contributed by atoms with van der Waals surface area (Å²) in [6.45, 7) is 6.52. The molecule has 0 aromatic heterocycles. The van der Waals surface area contributed by atoms with Crippen molar-refractivity contribution in [2.24, 2.45) is 11.8 Å². The van der Waals surface area contributed by atoms with Crippen molar-refractivity contribution >= 4 is 18.2 Å². The Labute approximate surface area is 164 Å². The first-order chi connectivity index (χ1) is 12.8. The normalized spacial score (nSPS) is 31.2. The molecule has 7 heteroatoms. The summed E-state index contributed by atoms with van der Waals surface area (Å²) in [7, 11) is -5.30. The van der Waals surface area contributed by atoms with Gasteiger partial charge in [0.25, 0.3) is 0 Å². The number of hydrogen-bond acceptors (Lipinski definition) is 5. The monoisotopic (exact) mass is 412 g/mol. The van der Waals surface area contributed by atoms with Crippen LogP contribution >= 0.6 is 0 Å². The summed E-state index contributed by atoms with van der Waals surface area (Å²) in [5.74, 6) is 0.169. The van der Waals surface area contributed by atoms with Crippen molar-refractivity contribution in [3.05, 3.63) is 30.3 Å². The second-order valence-corrected chi connectivity index (χ2v) is 14.7. The fraction of sp³-hybridized carbons (Fsp3) is 0.700. The standard InChI is InChI=1S/C20H32O5SSi/c1-4-27(5-2,6-3)25-20-16(12-15-13-18(21)24-19(15)20)14-26(22,23)17-10-8-7-9-11-17/h7-11,15-16,18-21H,4-6,12-14H2,1-3H3/t15-,16-,18?,19+,20-/m0/s1. The lowest BCUT2D eigenvalue weighted by molar-refractivity contribution is -0.119. The Morgan fingerprint density at radius 3 is 2.33 bits per heavy atom. The van der Waals surface area contributed by atoms with Crippen molar-refractivity contribution in [1.82, 2.24) is 0 Å². The Bertz CT molecular complexity index is 711. The molecule has 0 spiro atoms. The van der Waals surface area contributed by atoms with E-state index < -0.39 is 24.4 Å². The quantitative estimate of drug-likeness (QED) is 0.661. The summed E-state index contributed by atoms with van der Waals surface area (Å²) in [6, 6.07) is 11.7. The maximum Gasteiger partial charge on any atom is 0.192 e. The fourth-order valence-electron chi connectivity index (χ4n) is 4.73. The second-order valence-electron chi connectivity index (χ2n) is 7.97. The third-order valence-corrected chi connectivity index (χ3v) is 13.0. The molecule has 2 fully saturated rings. The van der Waals surface area contributed by atoms with Crippen LogP contribution in [-0.2, 0) is 19.0 Å². The molecule has 1 unspecified atom stereocenters. The van der Waals surface area contributed by atoms with E-state index in [1.165, 1.54) is 0 Å². The average Bonchev–Trinajstić information content (AvgIpc) is 3.16. The number of rotatable bonds is 8. The Morgan fingerprint density at radius 2 is 1.74 bits per heavy atom. The van der Waals surface area contributed by atoms with Crippen molar-refractivity contribution in [2.75, 3.05) is 5.75 Å². The predicted molar refractivity (Wildman–Crippen MR) is 108 cm³/mol. The van der Waals surface area contributed by atoms with Gasteiger partial charge in [0, 0.05) is 12.3 Å². The first-order valence-electron chi connectivity index (χ1n) is 10.1. The van der Waals surface area contributed by atoms with Crippen molar-refractivity contribution in [3.8, 4) is 0 Å². The van der Waals surface area contributed by atoms with E-state index >= 15 is 0 Å². The van der Waals surface area contributed by atoms with Gasteiger partial charge in [0.15, 0.2) is 24.4 Å². The van der Waals surface area contributed by atoms with Crippen LogP contribution in [0.25, 0.3) is 0 Å². The van der Waals surface area contributed by atoms with Gasteiger partial charge in [-0.25, -0.2) is 8.42 Å². The number of hydrogen-bond donors (Lipinski definition) is 1. The first-order valence-corrected chi connectivity index (χ1v) is 14.3. The summed E-state index contributed by atoms with van der Waals surface area (Å²) in [6.07, 6.45) is 0.134. The Balaban J connectivity index is 1.84. The van der Waals surface area contributed by atoms with E-state index in [1.54, 1.807) is 24.3 Å². The molecule has 0 bridgehead atoms. The van der Waals surface area contributed by atoms with Gasteiger partial charge >= 0.3 is 0 Å². The van der Waals surface area contributed by atoms with Crippen LogP contribution in [0.5, 0.6) is 0 Å². The summed E-state index contributed by atoms with van der Waals surface area (Å²) in [5, 5.41) is 9.93. The molecule has 1 aromatic carbocycles. The Morgan fingerprint density at radius 1 is 1.11 bits per heavy atom. The number of ether oxygens (including phenoxy) is 1. The average molecular weight is 413 g/mol. The highest BCUT2D eigenvalue weighted by Crippen LogP contribution is 2.46. The van der Waals surface area contributed by atoms with E-state index in [4.69, 9.17) is 9.16 Å². The molecular weight excluding hydrogens is 380 g/mol. The molecule has 27 heavy (non-hydrogen) atoms. The topological polar surface area (TPSA) is 72.8 Å². The highest BCUT2D eigenvalue weighted by atomic mass is 32.2. The van der Waals surface area contributed by atoms with Crippen LogP contribution in [0.3, 0.4) is 0 Å². The molecule has 1 heterocycles. The molecule has 1 N–H and O–H groups in total. The largest absolute Gasteiger partial charge is 0.411 e. The highest BCUT2D eigenvalue weighted by molar-refractivity contribution is 7.91. The van der Waals surface area contributed by atoms with Crippen LogP contribution in [0.4, 0.5) is 0 Å². The van der Waals surface area contributed by atoms with Crippen molar-refractivity contribution < 1.29 is 22.7 Å². The maximum atomic E-state index is 13.0.